The molecule has 7 nitrogen and oxygen atoms in total. The molecule has 0 spiro atoms. The average molecular weight is 274 g/mol. The molecule has 0 bridgehead atoms. The number of aliphatic hydroxyl groups is 1. The van der Waals surface area contributed by atoms with Crippen molar-refractivity contribution in [3.8, 4) is 0 Å². The molecular weight excluding hydrogens is 260 g/mol. The molecule has 0 radical (unpaired) electrons. The lowest BCUT2D eigenvalue weighted by Gasteiger charge is -2.10. The first-order valence-electron chi connectivity index (χ1n) is 5.08. The Bertz CT molecular complexity index is 541. The van der Waals surface area contributed by atoms with Gasteiger partial charge >= 0.3 is 5.97 Å². The van der Waals surface area contributed by atoms with Crippen LogP contribution in [0.3, 0.4) is 0 Å². The van der Waals surface area contributed by atoms with E-state index in [1.807, 2.05) is 0 Å². The van der Waals surface area contributed by atoms with Crippen LogP contribution in [0.4, 0.5) is 5.69 Å². The maximum atomic E-state index is 11.5. The van der Waals surface area contributed by atoms with Gasteiger partial charge in [0.2, 0.25) is 10.0 Å². The maximum Gasteiger partial charge on any atom is 0.337 e. The second kappa shape index (κ2) is 5.80. The summed E-state index contributed by atoms with van der Waals surface area (Å²) in [6.07, 6.45) is 0. The van der Waals surface area contributed by atoms with Crippen molar-refractivity contribution in [3.05, 3.63) is 23.8 Å². The van der Waals surface area contributed by atoms with E-state index in [4.69, 9.17) is 10.2 Å². The van der Waals surface area contributed by atoms with E-state index in [0.717, 1.165) is 6.07 Å². The van der Waals surface area contributed by atoms with E-state index in [1.54, 1.807) is 0 Å². The monoisotopic (exact) mass is 274 g/mol. The largest absolute Gasteiger partial charge is 0.478 e. The number of nitrogens with one attached hydrogen (secondary N) is 2. The molecule has 100 valence electrons. The van der Waals surface area contributed by atoms with Crippen molar-refractivity contribution in [3.63, 3.8) is 0 Å². The minimum atomic E-state index is -3.68. The van der Waals surface area contributed by atoms with Crippen molar-refractivity contribution in [1.82, 2.24) is 4.72 Å². The topological polar surface area (TPSA) is 116 Å². The van der Waals surface area contributed by atoms with Gasteiger partial charge in [0.05, 0.1) is 17.1 Å². The van der Waals surface area contributed by atoms with E-state index < -0.39 is 16.0 Å². The Kier molecular flexibility index (Phi) is 4.65. The van der Waals surface area contributed by atoms with Gasteiger partial charge in [-0.2, -0.15) is 0 Å². The van der Waals surface area contributed by atoms with Gasteiger partial charge in [0.25, 0.3) is 0 Å². The molecule has 0 aliphatic rings. The van der Waals surface area contributed by atoms with Crippen LogP contribution in [0, 0.1) is 0 Å². The van der Waals surface area contributed by atoms with Gasteiger partial charge in [-0.15, -0.1) is 0 Å². The quantitative estimate of drug-likeness (QED) is 0.566. The molecule has 0 amide bonds. The zero-order valence-corrected chi connectivity index (χ0v) is 10.5. The van der Waals surface area contributed by atoms with Gasteiger partial charge in [-0.05, 0) is 25.2 Å². The number of rotatable bonds is 6. The predicted molar refractivity (Wildman–Crippen MR) is 65.2 cm³/mol. The summed E-state index contributed by atoms with van der Waals surface area (Å²) >= 11 is 0. The average Bonchev–Trinajstić information content (AvgIpc) is 2.35. The van der Waals surface area contributed by atoms with E-state index >= 15 is 0 Å². The fourth-order valence-electron chi connectivity index (χ4n) is 1.33. The van der Waals surface area contributed by atoms with Crippen LogP contribution in [0.2, 0.25) is 0 Å². The summed E-state index contributed by atoms with van der Waals surface area (Å²) in [7, 11) is -2.44. The number of hydrogen-bond acceptors (Lipinski definition) is 5. The number of carboxylic acids is 1. The SMILES string of the molecule is CNS(=O)(=O)c1ccc(NCCO)c(C(=O)O)c1. The van der Waals surface area contributed by atoms with Crippen molar-refractivity contribution in [2.24, 2.45) is 0 Å². The number of carbonyl (C=O) groups is 1. The second-order valence-electron chi connectivity index (χ2n) is 3.37. The van der Waals surface area contributed by atoms with Crippen molar-refractivity contribution < 1.29 is 23.4 Å². The van der Waals surface area contributed by atoms with E-state index in [1.165, 1.54) is 19.2 Å². The molecule has 4 N–H and O–H groups in total. The molecule has 0 fully saturated rings. The highest BCUT2D eigenvalue weighted by Crippen LogP contribution is 2.20. The zero-order valence-electron chi connectivity index (χ0n) is 9.67. The fraction of sp³-hybridized carbons (Fsp3) is 0.300. The van der Waals surface area contributed by atoms with Crippen molar-refractivity contribution in [2.75, 3.05) is 25.5 Å². The Balaban J connectivity index is 3.23. The summed E-state index contributed by atoms with van der Waals surface area (Å²) in [5, 5.41) is 20.4. The molecule has 0 aromatic heterocycles. The molecule has 1 aromatic carbocycles. The lowest BCUT2D eigenvalue weighted by molar-refractivity contribution is 0.0697. The molecule has 0 saturated heterocycles. The first-order chi connectivity index (χ1) is 8.42. The molecule has 1 rings (SSSR count). The molecule has 0 aliphatic heterocycles. The Hall–Kier alpha value is -1.64. The van der Waals surface area contributed by atoms with Crippen LogP contribution < -0.4 is 10.0 Å². The van der Waals surface area contributed by atoms with Crippen molar-refractivity contribution in [2.45, 2.75) is 4.90 Å². The molecule has 18 heavy (non-hydrogen) atoms. The highest BCUT2D eigenvalue weighted by molar-refractivity contribution is 7.89. The Morgan fingerprint density at radius 2 is 2.06 bits per heavy atom. The number of aliphatic hydroxyl groups excluding tert-OH is 1. The maximum absolute atomic E-state index is 11.5. The third kappa shape index (κ3) is 3.19. The molecular formula is C10H14N2O5S. The Labute approximate surface area is 105 Å². The number of sulfonamides is 1. The number of aromatic carboxylic acids is 1. The van der Waals surface area contributed by atoms with Gasteiger partial charge in [0, 0.05) is 12.2 Å². The number of carboxylic acid groups (broad SMARTS) is 1. The summed E-state index contributed by atoms with van der Waals surface area (Å²) in [5.41, 5.74) is 0.0892. The molecule has 8 heteroatoms. The summed E-state index contributed by atoms with van der Waals surface area (Å²) in [5.74, 6) is -1.25. The predicted octanol–water partition coefficient (Wildman–Crippen LogP) is -0.303. The first kappa shape index (κ1) is 14.4. The van der Waals surface area contributed by atoms with E-state index in [-0.39, 0.29) is 29.3 Å². The highest BCUT2D eigenvalue weighted by Gasteiger charge is 2.17. The van der Waals surface area contributed by atoms with Gasteiger partial charge in [-0.3, -0.25) is 0 Å². The van der Waals surface area contributed by atoms with Gasteiger partial charge in [-0.1, -0.05) is 0 Å². The van der Waals surface area contributed by atoms with Crippen LogP contribution in [-0.4, -0.2) is 44.8 Å². The molecule has 0 atom stereocenters. The van der Waals surface area contributed by atoms with Gasteiger partial charge < -0.3 is 15.5 Å². The Morgan fingerprint density at radius 3 is 2.56 bits per heavy atom. The van der Waals surface area contributed by atoms with E-state index in [0.29, 0.717) is 0 Å². The second-order valence-corrected chi connectivity index (χ2v) is 5.26. The number of benzene rings is 1. The third-order valence-corrected chi connectivity index (χ3v) is 3.64. The minimum Gasteiger partial charge on any atom is -0.478 e. The van der Waals surface area contributed by atoms with E-state index in [2.05, 4.69) is 10.0 Å². The zero-order chi connectivity index (χ0) is 13.8. The first-order valence-corrected chi connectivity index (χ1v) is 6.56. The van der Waals surface area contributed by atoms with Crippen molar-refractivity contribution >= 4 is 21.7 Å². The smallest absolute Gasteiger partial charge is 0.337 e. The molecule has 1 aromatic rings. The van der Waals surface area contributed by atoms with Gasteiger partial charge in [0.15, 0.2) is 0 Å². The minimum absolute atomic E-state index is 0.128. The van der Waals surface area contributed by atoms with Crippen LogP contribution in [0.1, 0.15) is 10.4 Å². The Morgan fingerprint density at radius 1 is 1.39 bits per heavy atom. The van der Waals surface area contributed by atoms with Crippen LogP contribution in [-0.2, 0) is 10.0 Å². The van der Waals surface area contributed by atoms with Crippen LogP contribution in [0.15, 0.2) is 23.1 Å². The molecule has 0 saturated carbocycles. The van der Waals surface area contributed by atoms with E-state index in [9.17, 15) is 13.2 Å². The number of hydrogen-bond donors (Lipinski definition) is 4. The summed E-state index contributed by atoms with van der Waals surface area (Å²) < 4.78 is 25.2. The molecule has 0 unspecified atom stereocenters. The van der Waals surface area contributed by atoms with Gasteiger partial charge in [-0.25, -0.2) is 17.9 Å². The lowest BCUT2D eigenvalue weighted by atomic mass is 10.2. The van der Waals surface area contributed by atoms with Crippen LogP contribution >= 0.6 is 0 Å². The summed E-state index contributed by atoms with van der Waals surface area (Å²) in [6.45, 7) is 0.0219. The summed E-state index contributed by atoms with van der Waals surface area (Å²) in [6, 6.07) is 3.70. The van der Waals surface area contributed by atoms with Gasteiger partial charge in [0.1, 0.15) is 0 Å². The van der Waals surface area contributed by atoms with Crippen molar-refractivity contribution in [1.29, 1.82) is 0 Å². The number of anilines is 1. The van der Waals surface area contributed by atoms with Crippen LogP contribution in [0.5, 0.6) is 0 Å². The fourth-order valence-corrected chi connectivity index (χ4v) is 2.09. The van der Waals surface area contributed by atoms with Crippen LogP contribution in [0.25, 0.3) is 0 Å². The standard InChI is InChI=1S/C10H14N2O5S/c1-11-18(16,17)7-2-3-9(12-4-5-13)8(6-7)10(14)15/h2-3,6,11-13H,4-5H2,1H3,(H,14,15). The molecule has 0 heterocycles. The molecule has 0 aliphatic carbocycles. The normalized spacial score (nSPS) is 11.2. The third-order valence-electron chi connectivity index (χ3n) is 2.23. The highest BCUT2D eigenvalue weighted by atomic mass is 32.2. The summed E-state index contributed by atoms with van der Waals surface area (Å²) in [4.78, 5) is 10.9. The lowest BCUT2D eigenvalue weighted by Crippen LogP contribution is -2.19.